The van der Waals surface area contributed by atoms with Crippen LogP contribution in [0.4, 0.5) is 5.69 Å². The van der Waals surface area contributed by atoms with Gasteiger partial charge in [0, 0.05) is 12.3 Å². The first-order valence-electron chi connectivity index (χ1n) is 5.82. The molecule has 0 bridgehead atoms. The average molecular weight is 265 g/mol. The summed E-state index contributed by atoms with van der Waals surface area (Å²) in [4.78, 5) is 23.1. The van der Waals surface area contributed by atoms with Gasteiger partial charge in [0.25, 0.3) is 0 Å². The summed E-state index contributed by atoms with van der Waals surface area (Å²) < 4.78 is 0. The van der Waals surface area contributed by atoms with E-state index in [4.69, 9.17) is 5.11 Å². The van der Waals surface area contributed by atoms with E-state index in [1.54, 1.807) is 5.38 Å². The second-order valence-electron chi connectivity index (χ2n) is 4.49. The summed E-state index contributed by atoms with van der Waals surface area (Å²) in [5.41, 5.74) is 1.49. The third kappa shape index (κ3) is 2.31. The summed E-state index contributed by atoms with van der Waals surface area (Å²) in [5.74, 6) is -0.862. The molecule has 2 N–H and O–H groups in total. The van der Waals surface area contributed by atoms with Crippen molar-refractivity contribution in [3.63, 3.8) is 0 Å². The fourth-order valence-corrected chi connectivity index (χ4v) is 3.05. The van der Waals surface area contributed by atoms with E-state index in [2.05, 4.69) is 11.9 Å². The molecule has 1 aromatic rings. The van der Waals surface area contributed by atoms with Gasteiger partial charge in [0.2, 0.25) is 5.91 Å². The molecule has 4 nitrogen and oxygen atoms in total. The predicted octanol–water partition coefficient (Wildman–Crippen LogP) is 3.22. The van der Waals surface area contributed by atoms with Crippen LogP contribution in [0.25, 0.3) is 5.57 Å². The van der Waals surface area contributed by atoms with Gasteiger partial charge in [0.05, 0.1) is 16.1 Å². The van der Waals surface area contributed by atoms with Crippen molar-refractivity contribution in [1.82, 2.24) is 0 Å². The van der Waals surface area contributed by atoms with Gasteiger partial charge >= 0.3 is 5.97 Å². The number of carboxylic acids is 1. The summed E-state index contributed by atoms with van der Waals surface area (Å²) in [5, 5.41) is 13.3. The highest BCUT2D eigenvalue weighted by Crippen LogP contribution is 2.43. The Labute approximate surface area is 109 Å². The van der Waals surface area contributed by atoms with E-state index < -0.39 is 5.97 Å². The molecule has 1 saturated carbocycles. The number of carbonyl (C=O) groups is 2. The molecule has 96 valence electrons. The Bertz CT molecular complexity index is 514. The van der Waals surface area contributed by atoms with Crippen LogP contribution >= 0.6 is 11.3 Å². The van der Waals surface area contributed by atoms with Crippen LogP contribution < -0.4 is 5.32 Å². The Balaban J connectivity index is 2.36. The fourth-order valence-electron chi connectivity index (χ4n) is 1.99. The molecule has 0 saturated heterocycles. The molecule has 0 aromatic carbocycles. The van der Waals surface area contributed by atoms with Crippen molar-refractivity contribution >= 4 is 34.5 Å². The van der Waals surface area contributed by atoms with Crippen molar-refractivity contribution in [3.05, 3.63) is 22.4 Å². The Morgan fingerprint density at radius 2 is 2.17 bits per heavy atom. The molecule has 1 amide bonds. The monoisotopic (exact) mass is 265 g/mol. The van der Waals surface area contributed by atoms with Gasteiger partial charge in [-0.25, -0.2) is 4.79 Å². The van der Waals surface area contributed by atoms with Gasteiger partial charge in [-0.15, -0.1) is 11.3 Å². The minimum Gasteiger partial charge on any atom is -0.478 e. The van der Waals surface area contributed by atoms with Crippen molar-refractivity contribution in [2.24, 2.45) is 5.92 Å². The Kier molecular flexibility index (Phi) is 3.52. The molecule has 1 aliphatic rings. The molecule has 0 atom stereocenters. The third-order valence-electron chi connectivity index (χ3n) is 3.21. The Morgan fingerprint density at radius 1 is 1.50 bits per heavy atom. The first-order valence-corrected chi connectivity index (χ1v) is 6.70. The first kappa shape index (κ1) is 12.8. The highest BCUT2D eigenvalue weighted by molar-refractivity contribution is 7.12. The van der Waals surface area contributed by atoms with Gasteiger partial charge in [-0.05, 0) is 24.3 Å². The van der Waals surface area contributed by atoms with Gasteiger partial charge in [-0.2, -0.15) is 0 Å². The number of thiophene rings is 1. The Hall–Kier alpha value is -1.62. The number of allylic oxidation sites excluding steroid dienone is 1. The van der Waals surface area contributed by atoms with Crippen LogP contribution in [0.3, 0.4) is 0 Å². The number of amides is 1. The molecular weight excluding hydrogens is 250 g/mol. The highest BCUT2D eigenvalue weighted by atomic mass is 32.1. The molecule has 1 aliphatic carbocycles. The molecule has 0 spiro atoms. The van der Waals surface area contributed by atoms with Gasteiger partial charge in [-0.3, -0.25) is 4.79 Å². The van der Waals surface area contributed by atoms with Crippen LogP contribution in [0.2, 0.25) is 0 Å². The zero-order valence-electron chi connectivity index (χ0n) is 10.2. The summed E-state index contributed by atoms with van der Waals surface area (Å²) in [7, 11) is 0. The molecular formula is C13H15NO3S. The SMILES string of the molecule is C=C(c1scc(C(=O)O)c1NC(C)=O)C1CCC1. The molecule has 18 heavy (non-hydrogen) atoms. The molecule has 2 rings (SSSR count). The molecule has 0 aliphatic heterocycles. The van der Waals surface area contributed by atoms with Crippen LogP contribution in [0.1, 0.15) is 41.4 Å². The van der Waals surface area contributed by atoms with Crippen molar-refractivity contribution in [1.29, 1.82) is 0 Å². The standard InChI is InChI=1S/C13H15NO3S/c1-7(9-4-3-5-9)12-11(14-8(2)15)10(6-18-12)13(16)17/h6,9H,1,3-5H2,2H3,(H,14,15)(H,16,17). The quantitative estimate of drug-likeness (QED) is 0.878. The largest absolute Gasteiger partial charge is 0.478 e. The zero-order valence-corrected chi connectivity index (χ0v) is 11.0. The van der Waals surface area contributed by atoms with E-state index in [0.29, 0.717) is 11.6 Å². The van der Waals surface area contributed by atoms with E-state index in [1.807, 2.05) is 0 Å². The van der Waals surface area contributed by atoms with Crippen LogP contribution in [-0.2, 0) is 4.79 Å². The Morgan fingerprint density at radius 3 is 2.61 bits per heavy atom. The second kappa shape index (κ2) is 4.94. The maximum absolute atomic E-state index is 11.2. The van der Waals surface area contributed by atoms with Crippen LogP contribution in [-0.4, -0.2) is 17.0 Å². The van der Waals surface area contributed by atoms with Crippen molar-refractivity contribution in [2.45, 2.75) is 26.2 Å². The summed E-state index contributed by atoms with van der Waals surface area (Å²) in [6.45, 7) is 5.43. The zero-order chi connectivity index (χ0) is 13.3. The number of carboxylic acid groups (broad SMARTS) is 1. The lowest BCUT2D eigenvalue weighted by molar-refractivity contribution is -0.114. The number of hydrogen-bond donors (Lipinski definition) is 2. The topological polar surface area (TPSA) is 66.4 Å². The number of hydrogen-bond acceptors (Lipinski definition) is 3. The highest BCUT2D eigenvalue weighted by Gasteiger charge is 2.26. The summed E-state index contributed by atoms with van der Waals surface area (Å²) in [6, 6.07) is 0. The predicted molar refractivity (Wildman–Crippen MR) is 72.0 cm³/mol. The van der Waals surface area contributed by atoms with Gasteiger partial charge < -0.3 is 10.4 Å². The van der Waals surface area contributed by atoms with E-state index in [0.717, 1.165) is 23.3 Å². The van der Waals surface area contributed by atoms with Crippen molar-refractivity contribution in [2.75, 3.05) is 5.32 Å². The van der Waals surface area contributed by atoms with Crippen molar-refractivity contribution < 1.29 is 14.7 Å². The van der Waals surface area contributed by atoms with Gasteiger partial charge in [0.1, 0.15) is 0 Å². The fraction of sp³-hybridized carbons (Fsp3) is 0.385. The lowest BCUT2D eigenvalue weighted by Gasteiger charge is -2.27. The first-order chi connectivity index (χ1) is 8.50. The van der Waals surface area contributed by atoms with Crippen molar-refractivity contribution in [3.8, 4) is 0 Å². The molecule has 1 heterocycles. The molecule has 1 aromatic heterocycles. The lowest BCUT2D eigenvalue weighted by Crippen LogP contribution is -2.14. The van der Waals surface area contributed by atoms with E-state index >= 15 is 0 Å². The molecule has 1 fully saturated rings. The maximum Gasteiger partial charge on any atom is 0.338 e. The smallest absolute Gasteiger partial charge is 0.338 e. The van der Waals surface area contributed by atoms with Crippen LogP contribution in [0.5, 0.6) is 0 Å². The second-order valence-corrected chi connectivity index (χ2v) is 5.37. The van der Waals surface area contributed by atoms with E-state index in [-0.39, 0.29) is 11.5 Å². The minimum atomic E-state index is -1.03. The van der Waals surface area contributed by atoms with Crippen LogP contribution in [0, 0.1) is 5.92 Å². The summed E-state index contributed by atoms with van der Waals surface area (Å²) >= 11 is 1.34. The van der Waals surface area contributed by atoms with Gasteiger partial charge in [-0.1, -0.05) is 13.0 Å². The normalized spacial score (nSPS) is 14.9. The molecule has 5 heteroatoms. The number of carbonyl (C=O) groups excluding carboxylic acids is 1. The summed E-state index contributed by atoms with van der Waals surface area (Å²) in [6.07, 6.45) is 3.38. The third-order valence-corrected chi connectivity index (χ3v) is 4.27. The number of aromatic carboxylic acids is 1. The van der Waals surface area contributed by atoms with Crippen LogP contribution in [0.15, 0.2) is 12.0 Å². The number of nitrogens with one attached hydrogen (secondary N) is 1. The van der Waals surface area contributed by atoms with Gasteiger partial charge in [0.15, 0.2) is 0 Å². The number of rotatable bonds is 4. The molecule has 0 radical (unpaired) electrons. The average Bonchev–Trinajstić information content (AvgIpc) is 2.57. The molecule has 0 unspecified atom stereocenters. The lowest BCUT2D eigenvalue weighted by atomic mass is 9.79. The number of anilines is 1. The maximum atomic E-state index is 11.2. The van der Waals surface area contributed by atoms with E-state index in [1.165, 1.54) is 24.7 Å². The van der Waals surface area contributed by atoms with E-state index in [9.17, 15) is 9.59 Å². The minimum absolute atomic E-state index is 0.144.